The zero-order valence-electron chi connectivity index (χ0n) is 5.85. The standard InChI is InChI=1S/C8H9NS/c1-6-2-3-7-5-10-9-8(7)4-6/h2-4,9H,5H2,1H3. The molecule has 0 fully saturated rings. The lowest BCUT2D eigenvalue weighted by Crippen LogP contribution is -1.80. The van der Waals surface area contributed by atoms with Gasteiger partial charge in [0.2, 0.25) is 0 Å². The van der Waals surface area contributed by atoms with Gasteiger partial charge in [0.05, 0.1) is 0 Å². The van der Waals surface area contributed by atoms with Crippen LogP contribution in [0, 0.1) is 6.92 Å². The molecule has 1 aromatic carbocycles. The van der Waals surface area contributed by atoms with Gasteiger partial charge in [-0.05, 0) is 36.1 Å². The molecule has 0 spiro atoms. The van der Waals surface area contributed by atoms with Crippen molar-refractivity contribution in [1.29, 1.82) is 0 Å². The summed E-state index contributed by atoms with van der Waals surface area (Å²) < 4.78 is 3.26. The van der Waals surface area contributed by atoms with E-state index in [1.165, 1.54) is 16.8 Å². The zero-order valence-corrected chi connectivity index (χ0v) is 6.66. The molecule has 10 heavy (non-hydrogen) atoms. The van der Waals surface area contributed by atoms with Crippen LogP contribution in [0.15, 0.2) is 18.2 Å². The lowest BCUT2D eigenvalue weighted by molar-refractivity contribution is 1.40. The number of hydrogen-bond acceptors (Lipinski definition) is 2. The summed E-state index contributed by atoms with van der Waals surface area (Å²) in [6.07, 6.45) is 0. The number of hydrogen-bond donors (Lipinski definition) is 1. The third-order valence-corrected chi connectivity index (χ3v) is 2.49. The fourth-order valence-corrected chi connectivity index (χ4v) is 1.93. The first-order valence-corrected chi connectivity index (χ1v) is 4.32. The molecule has 52 valence electrons. The van der Waals surface area contributed by atoms with Crippen LogP contribution in [-0.2, 0) is 5.75 Å². The molecule has 0 atom stereocenters. The van der Waals surface area contributed by atoms with E-state index in [0.29, 0.717) is 0 Å². The van der Waals surface area contributed by atoms with E-state index >= 15 is 0 Å². The van der Waals surface area contributed by atoms with Gasteiger partial charge in [0.25, 0.3) is 0 Å². The first kappa shape index (κ1) is 6.10. The van der Waals surface area contributed by atoms with E-state index in [4.69, 9.17) is 0 Å². The lowest BCUT2D eigenvalue weighted by atomic mass is 10.1. The minimum absolute atomic E-state index is 1.11. The van der Waals surface area contributed by atoms with Crippen LogP contribution in [0.1, 0.15) is 11.1 Å². The second-order valence-corrected chi connectivity index (χ2v) is 3.33. The summed E-state index contributed by atoms with van der Waals surface area (Å²) in [5, 5.41) is 0. The molecule has 0 unspecified atom stereocenters. The Bertz CT molecular complexity index is 257. The van der Waals surface area contributed by atoms with Crippen molar-refractivity contribution in [3.63, 3.8) is 0 Å². The SMILES string of the molecule is Cc1ccc2c(c1)NSC2. The molecule has 1 aliphatic rings. The van der Waals surface area contributed by atoms with Crippen LogP contribution >= 0.6 is 11.9 Å². The molecule has 0 radical (unpaired) electrons. The number of benzene rings is 1. The molecule has 2 rings (SSSR count). The monoisotopic (exact) mass is 151 g/mol. The topological polar surface area (TPSA) is 12.0 Å². The number of nitrogens with one attached hydrogen (secondary N) is 1. The summed E-state index contributed by atoms with van der Waals surface area (Å²) >= 11 is 1.76. The molecule has 0 aliphatic carbocycles. The van der Waals surface area contributed by atoms with Gasteiger partial charge in [0, 0.05) is 11.4 Å². The average Bonchev–Trinajstić information content (AvgIpc) is 2.33. The van der Waals surface area contributed by atoms with Gasteiger partial charge in [0.1, 0.15) is 0 Å². The molecule has 1 heterocycles. The van der Waals surface area contributed by atoms with Crippen molar-refractivity contribution < 1.29 is 0 Å². The van der Waals surface area contributed by atoms with E-state index in [1.807, 2.05) is 0 Å². The van der Waals surface area contributed by atoms with Crippen molar-refractivity contribution in [3.8, 4) is 0 Å². The summed E-state index contributed by atoms with van der Waals surface area (Å²) in [4.78, 5) is 0. The summed E-state index contributed by atoms with van der Waals surface area (Å²) in [5.74, 6) is 1.11. The lowest BCUT2D eigenvalue weighted by Gasteiger charge is -1.97. The zero-order chi connectivity index (χ0) is 6.97. The molecule has 0 aromatic heterocycles. The van der Waals surface area contributed by atoms with Crippen LogP contribution in [0.3, 0.4) is 0 Å². The van der Waals surface area contributed by atoms with Crippen molar-refractivity contribution in [2.75, 3.05) is 4.72 Å². The summed E-state index contributed by atoms with van der Waals surface area (Å²) in [7, 11) is 0. The number of aryl methyl sites for hydroxylation is 1. The summed E-state index contributed by atoms with van der Waals surface area (Å²) in [5.41, 5.74) is 4.05. The van der Waals surface area contributed by atoms with Crippen molar-refractivity contribution in [1.82, 2.24) is 0 Å². The molecule has 1 nitrogen and oxygen atoms in total. The minimum Gasteiger partial charge on any atom is -0.329 e. The molecule has 0 bridgehead atoms. The number of anilines is 1. The van der Waals surface area contributed by atoms with E-state index < -0.39 is 0 Å². The fraction of sp³-hybridized carbons (Fsp3) is 0.250. The normalized spacial score (nSPS) is 14.5. The Morgan fingerprint density at radius 2 is 2.40 bits per heavy atom. The van der Waals surface area contributed by atoms with Gasteiger partial charge in [0.15, 0.2) is 0 Å². The predicted molar refractivity (Wildman–Crippen MR) is 46.1 cm³/mol. The maximum Gasteiger partial charge on any atom is 0.0484 e. The van der Waals surface area contributed by atoms with Gasteiger partial charge in [-0.3, -0.25) is 0 Å². The van der Waals surface area contributed by atoms with Crippen molar-refractivity contribution in [2.45, 2.75) is 12.7 Å². The van der Waals surface area contributed by atoms with Gasteiger partial charge in [-0.2, -0.15) is 0 Å². The van der Waals surface area contributed by atoms with E-state index in [1.54, 1.807) is 11.9 Å². The number of fused-ring (bicyclic) bond motifs is 1. The van der Waals surface area contributed by atoms with Gasteiger partial charge < -0.3 is 4.72 Å². The average molecular weight is 151 g/mol. The molecular formula is C8H9NS. The van der Waals surface area contributed by atoms with Crippen molar-refractivity contribution in [3.05, 3.63) is 29.3 Å². The Hall–Kier alpha value is -0.630. The van der Waals surface area contributed by atoms with E-state index in [0.717, 1.165) is 5.75 Å². The van der Waals surface area contributed by atoms with Crippen LogP contribution in [0.5, 0.6) is 0 Å². The van der Waals surface area contributed by atoms with Gasteiger partial charge in [-0.15, -0.1) is 0 Å². The summed E-state index contributed by atoms with van der Waals surface area (Å²) in [6, 6.07) is 6.54. The third-order valence-electron chi connectivity index (χ3n) is 1.68. The molecule has 2 heteroatoms. The number of rotatable bonds is 0. The van der Waals surface area contributed by atoms with Crippen LogP contribution in [0.2, 0.25) is 0 Å². The first-order valence-electron chi connectivity index (χ1n) is 3.33. The van der Waals surface area contributed by atoms with E-state index in [2.05, 4.69) is 29.8 Å². The van der Waals surface area contributed by atoms with E-state index in [9.17, 15) is 0 Å². The Morgan fingerprint density at radius 3 is 3.30 bits per heavy atom. The van der Waals surface area contributed by atoms with Crippen LogP contribution in [0.4, 0.5) is 5.69 Å². The Kier molecular flexibility index (Phi) is 1.34. The van der Waals surface area contributed by atoms with Gasteiger partial charge >= 0.3 is 0 Å². The van der Waals surface area contributed by atoms with Crippen LogP contribution < -0.4 is 4.72 Å². The van der Waals surface area contributed by atoms with Crippen LogP contribution in [-0.4, -0.2) is 0 Å². The first-order chi connectivity index (χ1) is 4.86. The van der Waals surface area contributed by atoms with Crippen molar-refractivity contribution in [2.24, 2.45) is 0 Å². The van der Waals surface area contributed by atoms with Crippen LogP contribution in [0.25, 0.3) is 0 Å². The smallest absolute Gasteiger partial charge is 0.0484 e. The van der Waals surface area contributed by atoms with Gasteiger partial charge in [-0.25, -0.2) is 0 Å². The summed E-state index contributed by atoms with van der Waals surface area (Å²) in [6.45, 7) is 2.12. The Morgan fingerprint density at radius 1 is 1.50 bits per heavy atom. The molecule has 1 aliphatic heterocycles. The maximum atomic E-state index is 3.26. The highest BCUT2D eigenvalue weighted by Gasteiger charge is 2.08. The minimum atomic E-state index is 1.11. The second-order valence-electron chi connectivity index (χ2n) is 2.55. The Labute approximate surface area is 65.0 Å². The quantitative estimate of drug-likeness (QED) is 0.572. The van der Waals surface area contributed by atoms with E-state index in [-0.39, 0.29) is 0 Å². The second kappa shape index (κ2) is 2.20. The van der Waals surface area contributed by atoms with Gasteiger partial charge in [-0.1, -0.05) is 12.1 Å². The third kappa shape index (κ3) is 0.886. The molecule has 1 aromatic rings. The highest BCUT2D eigenvalue weighted by molar-refractivity contribution is 8.00. The Balaban J connectivity index is 2.52. The highest BCUT2D eigenvalue weighted by atomic mass is 32.2. The molecule has 1 N–H and O–H groups in total. The van der Waals surface area contributed by atoms with Crippen molar-refractivity contribution >= 4 is 17.6 Å². The largest absolute Gasteiger partial charge is 0.329 e. The predicted octanol–water partition coefficient (Wildman–Crippen LogP) is 2.57. The molecule has 0 saturated carbocycles. The highest BCUT2D eigenvalue weighted by Crippen LogP contribution is 2.30. The molecule has 0 amide bonds. The molecule has 0 saturated heterocycles. The fourth-order valence-electron chi connectivity index (χ4n) is 1.10. The maximum absolute atomic E-state index is 3.26. The molecular weight excluding hydrogens is 142 g/mol.